The lowest BCUT2D eigenvalue weighted by molar-refractivity contribution is -0.117. The molecule has 3 N–H and O–H groups in total. The van der Waals surface area contributed by atoms with Gasteiger partial charge in [0.15, 0.2) is 5.15 Å². The predicted octanol–water partition coefficient (Wildman–Crippen LogP) is 1.42. The predicted molar refractivity (Wildman–Crippen MR) is 72.8 cm³/mol. The van der Waals surface area contributed by atoms with Crippen LogP contribution in [0.3, 0.4) is 0 Å². The zero-order chi connectivity index (χ0) is 14.0. The quantitative estimate of drug-likeness (QED) is 0.832. The van der Waals surface area contributed by atoms with Gasteiger partial charge >= 0.3 is 0 Å². The van der Waals surface area contributed by atoms with Crippen molar-refractivity contribution in [1.82, 2.24) is 14.8 Å². The van der Waals surface area contributed by atoms with E-state index in [2.05, 4.69) is 15.4 Å². The molecule has 1 amide bonds. The molecule has 0 bridgehead atoms. The Morgan fingerprint density at radius 1 is 1.53 bits per heavy atom. The molecular weight excluding hydrogens is 266 g/mol. The second-order valence-electron chi connectivity index (χ2n) is 4.27. The Bertz CT molecular complexity index is 610. The Balaban J connectivity index is 2.14. The van der Waals surface area contributed by atoms with Gasteiger partial charge in [-0.15, -0.1) is 0 Å². The second-order valence-corrected chi connectivity index (χ2v) is 4.62. The lowest BCUT2D eigenvalue weighted by atomic mass is 10.1. The van der Waals surface area contributed by atoms with Gasteiger partial charge in [0, 0.05) is 25.0 Å². The minimum absolute atomic E-state index is 0.234. The van der Waals surface area contributed by atoms with Gasteiger partial charge in [-0.3, -0.25) is 9.48 Å². The van der Waals surface area contributed by atoms with Crippen molar-refractivity contribution in [2.24, 2.45) is 12.8 Å². The molecule has 0 spiro atoms. The molecule has 0 saturated heterocycles. The zero-order valence-corrected chi connectivity index (χ0v) is 11.3. The third-order valence-corrected chi connectivity index (χ3v) is 2.90. The van der Waals surface area contributed by atoms with Crippen LogP contribution in [0.1, 0.15) is 17.2 Å². The largest absolute Gasteiger partial charge is 0.322 e. The highest BCUT2D eigenvalue weighted by Gasteiger charge is 2.18. The van der Waals surface area contributed by atoms with Crippen LogP contribution in [-0.2, 0) is 11.8 Å². The van der Waals surface area contributed by atoms with Gasteiger partial charge in [-0.05, 0) is 18.6 Å². The van der Waals surface area contributed by atoms with E-state index in [0.717, 1.165) is 5.56 Å². The first-order chi connectivity index (χ1) is 8.97. The number of hydrogen-bond donors (Lipinski definition) is 2. The average molecular weight is 280 g/mol. The highest BCUT2D eigenvalue weighted by Crippen LogP contribution is 2.21. The summed E-state index contributed by atoms with van der Waals surface area (Å²) in [7, 11) is 1.76. The fourth-order valence-electron chi connectivity index (χ4n) is 1.60. The van der Waals surface area contributed by atoms with Crippen molar-refractivity contribution in [3.05, 3.63) is 40.9 Å². The van der Waals surface area contributed by atoms with Gasteiger partial charge in [-0.25, -0.2) is 4.98 Å². The van der Waals surface area contributed by atoms with E-state index in [0.29, 0.717) is 11.3 Å². The van der Waals surface area contributed by atoms with Crippen molar-refractivity contribution in [1.29, 1.82) is 0 Å². The lowest BCUT2D eigenvalue weighted by Crippen LogP contribution is -2.27. The lowest BCUT2D eigenvalue weighted by Gasteiger charge is -2.11. The van der Waals surface area contributed by atoms with Crippen LogP contribution in [0.4, 0.5) is 5.69 Å². The third-order valence-electron chi connectivity index (χ3n) is 2.60. The first-order valence-electron chi connectivity index (χ1n) is 5.64. The minimum atomic E-state index is -0.801. The number of halogens is 1. The van der Waals surface area contributed by atoms with E-state index in [1.54, 1.807) is 36.4 Å². The molecule has 2 aromatic rings. The first-order valence-corrected chi connectivity index (χ1v) is 6.02. The number of aromatic nitrogens is 3. The van der Waals surface area contributed by atoms with Gasteiger partial charge in [-0.2, -0.15) is 5.10 Å². The Kier molecular flexibility index (Phi) is 3.82. The molecule has 2 rings (SSSR count). The topological polar surface area (TPSA) is 85.8 Å². The number of aryl methyl sites for hydroxylation is 2. The van der Waals surface area contributed by atoms with Crippen molar-refractivity contribution >= 4 is 23.2 Å². The standard InChI is InChI=1S/C12H14ClN5O/c1-7-3-9(11(13)15-4-7)17-12(19)10(14)8-5-16-18(2)6-8/h3-6,10H,14H2,1-2H3,(H,17,19). The molecule has 0 radical (unpaired) electrons. The maximum atomic E-state index is 12.0. The first kappa shape index (κ1) is 13.5. The SMILES string of the molecule is Cc1cnc(Cl)c(NC(=O)C(N)c2cnn(C)c2)c1. The number of rotatable bonds is 3. The van der Waals surface area contributed by atoms with Gasteiger partial charge in [0.2, 0.25) is 5.91 Å². The molecule has 0 aliphatic heterocycles. The number of nitrogens with one attached hydrogen (secondary N) is 1. The molecule has 19 heavy (non-hydrogen) atoms. The van der Waals surface area contributed by atoms with Crippen LogP contribution in [0, 0.1) is 6.92 Å². The maximum Gasteiger partial charge on any atom is 0.246 e. The molecule has 7 heteroatoms. The summed E-state index contributed by atoms with van der Waals surface area (Å²) in [4.78, 5) is 16.0. The van der Waals surface area contributed by atoms with Crippen LogP contribution in [0.2, 0.25) is 5.15 Å². The summed E-state index contributed by atoms with van der Waals surface area (Å²) in [5.74, 6) is -0.359. The summed E-state index contributed by atoms with van der Waals surface area (Å²) < 4.78 is 1.59. The Labute approximate surface area is 115 Å². The van der Waals surface area contributed by atoms with E-state index in [1.165, 1.54) is 0 Å². The van der Waals surface area contributed by atoms with Crippen molar-refractivity contribution in [3.63, 3.8) is 0 Å². The van der Waals surface area contributed by atoms with Gasteiger partial charge in [-0.1, -0.05) is 11.6 Å². The molecular formula is C12H14ClN5O. The minimum Gasteiger partial charge on any atom is -0.322 e. The van der Waals surface area contributed by atoms with Crippen LogP contribution < -0.4 is 11.1 Å². The number of pyridine rings is 1. The summed E-state index contributed by atoms with van der Waals surface area (Å²) in [5, 5.41) is 6.87. The summed E-state index contributed by atoms with van der Waals surface area (Å²) in [6.07, 6.45) is 4.87. The number of nitrogens with zero attached hydrogens (tertiary/aromatic N) is 3. The molecule has 0 aromatic carbocycles. The highest BCUT2D eigenvalue weighted by atomic mass is 35.5. The van der Waals surface area contributed by atoms with Gasteiger partial charge in [0.1, 0.15) is 6.04 Å². The Morgan fingerprint density at radius 3 is 2.89 bits per heavy atom. The molecule has 0 saturated carbocycles. The summed E-state index contributed by atoms with van der Waals surface area (Å²) in [5.41, 5.74) is 7.84. The summed E-state index contributed by atoms with van der Waals surface area (Å²) >= 11 is 5.91. The van der Waals surface area contributed by atoms with E-state index in [-0.39, 0.29) is 11.1 Å². The molecule has 1 atom stereocenters. The molecule has 100 valence electrons. The molecule has 6 nitrogen and oxygen atoms in total. The third kappa shape index (κ3) is 3.10. The fourth-order valence-corrected chi connectivity index (χ4v) is 1.75. The second kappa shape index (κ2) is 5.38. The highest BCUT2D eigenvalue weighted by molar-refractivity contribution is 6.32. The van der Waals surface area contributed by atoms with Crippen LogP contribution >= 0.6 is 11.6 Å². The van der Waals surface area contributed by atoms with E-state index in [4.69, 9.17) is 17.3 Å². The number of hydrogen-bond acceptors (Lipinski definition) is 4. The van der Waals surface area contributed by atoms with Gasteiger partial charge < -0.3 is 11.1 Å². The molecule has 0 aliphatic carbocycles. The van der Waals surface area contributed by atoms with Crippen LogP contribution in [0.25, 0.3) is 0 Å². The van der Waals surface area contributed by atoms with E-state index in [1.807, 2.05) is 6.92 Å². The summed E-state index contributed by atoms with van der Waals surface area (Å²) in [6, 6.07) is 0.939. The smallest absolute Gasteiger partial charge is 0.246 e. The van der Waals surface area contributed by atoms with Crippen molar-refractivity contribution in [3.8, 4) is 0 Å². The van der Waals surface area contributed by atoms with E-state index < -0.39 is 6.04 Å². The average Bonchev–Trinajstić information content (AvgIpc) is 2.79. The summed E-state index contributed by atoms with van der Waals surface area (Å²) in [6.45, 7) is 1.86. The van der Waals surface area contributed by atoms with Crippen LogP contribution in [0.5, 0.6) is 0 Å². The number of carbonyl (C=O) groups is 1. The number of amides is 1. The maximum absolute atomic E-state index is 12.0. The van der Waals surface area contributed by atoms with Crippen molar-refractivity contribution < 1.29 is 4.79 Å². The molecule has 0 aliphatic rings. The number of nitrogens with two attached hydrogens (primary N) is 1. The monoisotopic (exact) mass is 279 g/mol. The zero-order valence-electron chi connectivity index (χ0n) is 10.6. The van der Waals surface area contributed by atoms with E-state index >= 15 is 0 Å². The normalized spacial score (nSPS) is 12.2. The van der Waals surface area contributed by atoms with Crippen molar-refractivity contribution in [2.45, 2.75) is 13.0 Å². The van der Waals surface area contributed by atoms with Gasteiger partial charge in [0.25, 0.3) is 0 Å². The number of anilines is 1. The fraction of sp³-hybridized carbons (Fsp3) is 0.250. The molecule has 2 aromatic heterocycles. The van der Waals surface area contributed by atoms with E-state index in [9.17, 15) is 4.79 Å². The van der Waals surface area contributed by atoms with Crippen LogP contribution in [0.15, 0.2) is 24.7 Å². The molecule has 0 fully saturated rings. The molecule has 1 unspecified atom stereocenters. The van der Waals surface area contributed by atoms with Crippen LogP contribution in [-0.4, -0.2) is 20.7 Å². The van der Waals surface area contributed by atoms with Gasteiger partial charge in [0.05, 0.1) is 11.9 Å². The Hall–Kier alpha value is -1.92. The Morgan fingerprint density at radius 2 is 2.26 bits per heavy atom. The number of carbonyl (C=O) groups excluding carboxylic acids is 1. The van der Waals surface area contributed by atoms with Crippen molar-refractivity contribution in [2.75, 3.05) is 5.32 Å². The molecule has 2 heterocycles.